The van der Waals surface area contributed by atoms with Crippen molar-refractivity contribution in [1.29, 1.82) is 0 Å². The van der Waals surface area contributed by atoms with Crippen molar-refractivity contribution in [2.75, 3.05) is 24.0 Å². The number of anilines is 1. The lowest BCUT2D eigenvalue weighted by molar-refractivity contribution is 0.0941. The van der Waals surface area contributed by atoms with E-state index in [-0.39, 0.29) is 18.7 Å². The maximum absolute atomic E-state index is 12.1. The molecule has 2 aliphatic heterocycles. The number of carbonyl (C=O) groups excluding carboxylic acids is 1. The Balaban J connectivity index is 1.80. The van der Waals surface area contributed by atoms with Crippen molar-refractivity contribution >= 4 is 23.4 Å². The molecule has 0 radical (unpaired) electrons. The molecule has 18 heavy (non-hydrogen) atoms. The van der Waals surface area contributed by atoms with Gasteiger partial charge < -0.3 is 20.5 Å². The Kier molecular flexibility index (Phi) is 2.95. The summed E-state index contributed by atoms with van der Waals surface area (Å²) in [5, 5.41) is 2.99. The van der Waals surface area contributed by atoms with Gasteiger partial charge in [-0.25, -0.2) is 0 Å². The highest BCUT2D eigenvalue weighted by atomic mass is 32.2. The van der Waals surface area contributed by atoms with Crippen LogP contribution in [0.4, 0.5) is 5.69 Å². The van der Waals surface area contributed by atoms with Gasteiger partial charge in [-0.05, 0) is 18.2 Å². The summed E-state index contributed by atoms with van der Waals surface area (Å²) in [5.74, 6) is 3.10. The molecule has 2 aliphatic rings. The van der Waals surface area contributed by atoms with Crippen molar-refractivity contribution in [3.63, 3.8) is 0 Å². The number of ether oxygens (including phenoxy) is 2. The van der Waals surface area contributed by atoms with Crippen LogP contribution < -0.4 is 20.5 Å². The third kappa shape index (κ3) is 2.08. The molecular formula is C12H14N2O3S. The van der Waals surface area contributed by atoms with Crippen LogP contribution in [0.15, 0.2) is 12.1 Å². The number of hydrogen-bond acceptors (Lipinski definition) is 5. The van der Waals surface area contributed by atoms with Crippen molar-refractivity contribution in [3.05, 3.63) is 17.7 Å². The molecule has 0 spiro atoms. The van der Waals surface area contributed by atoms with Crippen molar-refractivity contribution in [3.8, 4) is 11.5 Å². The van der Waals surface area contributed by atoms with Gasteiger partial charge in [0.15, 0.2) is 11.5 Å². The van der Waals surface area contributed by atoms with Gasteiger partial charge in [0.1, 0.15) is 0 Å². The van der Waals surface area contributed by atoms with Gasteiger partial charge in [0.05, 0.1) is 5.56 Å². The third-order valence-corrected chi connectivity index (χ3v) is 4.22. The minimum Gasteiger partial charge on any atom is -0.454 e. The van der Waals surface area contributed by atoms with Gasteiger partial charge >= 0.3 is 0 Å². The average Bonchev–Trinajstić information content (AvgIpc) is 2.98. The van der Waals surface area contributed by atoms with Crippen LogP contribution in [0.3, 0.4) is 0 Å². The Labute approximate surface area is 109 Å². The Hall–Kier alpha value is -1.56. The zero-order valence-corrected chi connectivity index (χ0v) is 10.6. The fourth-order valence-electron chi connectivity index (χ4n) is 2.07. The van der Waals surface area contributed by atoms with Crippen LogP contribution in [0.5, 0.6) is 11.5 Å². The van der Waals surface area contributed by atoms with Crippen molar-refractivity contribution < 1.29 is 14.3 Å². The number of hydrogen-bond donors (Lipinski definition) is 2. The van der Waals surface area contributed by atoms with Crippen LogP contribution in [0.2, 0.25) is 0 Å². The minimum absolute atomic E-state index is 0.140. The monoisotopic (exact) mass is 266 g/mol. The van der Waals surface area contributed by atoms with Crippen LogP contribution in [-0.4, -0.2) is 30.2 Å². The number of thioether (sulfide) groups is 1. The predicted molar refractivity (Wildman–Crippen MR) is 70.2 cm³/mol. The van der Waals surface area contributed by atoms with Crippen molar-refractivity contribution in [2.24, 2.45) is 0 Å². The first kappa shape index (κ1) is 11.5. The molecular weight excluding hydrogens is 252 g/mol. The summed E-state index contributed by atoms with van der Waals surface area (Å²) in [6.07, 6.45) is 1.01. The van der Waals surface area contributed by atoms with Gasteiger partial charge in [-0.3, -0.25) is 4.79 Å². The van der Waals surface area contributed by atoms with Crippen molar-refractivity contribution in [1.82, 2.24) is 5.32 Å². The van der Waals surface area contributed by atoms with Crippen LogP contribution in [0.25, 0.3) is 0 Å². The lowest BCUT2D eigenvalue weighted by atomic mass is 10.1. The van der Waals surface area contributed by atoms with E-state index in [1.165, 1.54) is 0 Å². The molecule has 1 aromatic rings. The predicted octanol–water partition coefficient (Wildman–Crippen LogP) is 1.23. The first-order valence-electron chi connectivity index (χ1n) is 5.82. The molecule has 5 nitrogen and oxygen atoms in total. The molecule has 2 heterocycles. The van der Waals surface area contributed by atoms with E-state index in [9.17, 15) is 4.79 Å². The molecule has 0 saturated carbocycles. The van der Waals surface area contributed by atoms with E-state index in [1.807, 2.05) is 11.8 Å². The number of nitrogens with one attached hydrogen (secondary N) is 1. The van der Waals surface area contributed by atoms with Gasteiger partial charge in [-0.2, -0.15) is 11.8 Å². The van der Waals surface area contributed by atoms with Crippen LogP contribution in [0.1, 0.15) is 16.8 Å². The molecule has 0 aromatic heterocycles. The van der Waals surface area contributed by atoms with Gasteiger partial charge in [0.25, 0.3) is 5.91 Å². The Morgan fingerprint density at radius 1 is 1.39 bits per heavy atom. The van der Waals surface area contributed by atoms with Gasteiger partial charge in [0.2, 0.25) is 6.79 Å². The van der Waals surface area contributed by atoms with Crippen molar-refractivity contribution in [2.45, 2.75) is 12.5 Å². The highest BCUT2D eigenvalue weighted by molar-refractivity contribution is 7.99. The topological polar surface area (TPSA) is 73.6 Å². The molecule has 1 fully saturated rings. The summed E-state index contributed by atoms with van der Waals surface area (Å²) in [6, 6.07) is 3.53. The first-order chi connectivity index (χ1) is 8.74. The Morgan fingerprint density at radius 3 is 2.89 bits per heavy atom. The fourth-order valence-corrected chi connectivity index (χ4v) is 3.22. The summed E-state index contributed by atoms with van der Waals surface area (Å²) in [7, 11) is 0. The fraction of sp³-hybridized carbons (Fsp3) is 0.417. The SMILES string of the molecule is Nc1cc2c(cc1C(=O)NC1CCSC1)OCO2. The summed E-state index contributed by atoms with van der Waals surface area (Å²) in [5.41, 5.74) is 6.74. The van der Waals surface area contributed by atoms with Gasteiger partial charge in [0, 0.05) is 23.5 Å². The molecule has 3 rings (SSSR count). The van der Waals surface area contributed by atoms with E-state index in [4.69, 9.17) is 15.2 Å². The summed E-state index contributed by atoms with van der Waals surface area (Å²) >= 11 is 1.85. The minimum atomic E-state index is -0.140. The number of rotatable bonds is 2. The van der Waals surface area contributed by atoms with Crippen LogP contribution in [-0.2, 0) is 0 Å². The third-order valence-electron chi connectivity index (χ3n) is 3.05. The zero-order valence-electron chi connectivity index (χ0n) is 9.77. The lowest BCUT2D eigenvalue weighted by Gasteiger charge is -2.13. The van der Waals surface area contributed by atoms with Gasteiger partial charge in [-0.1, -0.05) is 0 Å². The highest BCUT2D eigenvalue weighted by Crippen LogP contribution is 2.36. The molecule has 1 atom stereocenters. The molecule has 1 saturated heterocycles. The molecule has 1 amide bonds. The number of benzene rings is 1. The second-order valence-electron chi connectivity index (χ2n) is 4.33. The number of nitrogen functional groups attached to an aromatic ring is 1. The largest absolute Gasteiger partial charge is 0.454 e. The van der Waals surface area contributed by atoms with E-state index in [0.717, 1.165) is 17.9 Å². The van der Waals surface area contributed by atoms with E-state index in [0.29, 0.717) is 22.7 Å². The zero-order chi connectivity index (χ0) is 12.5. The number of nitrogens with two attached hydrogens (primary N) is 1. The normalized spacial score (nSPS) is 21.0. The highest BCUT2D eigenvalue weighted by Gasteiger charge is 2.23. The Bertz CT molecular complexity index is 486. The maximum Gasteiger partial charge on any atom is 0.253 e. The quantitative estimate of drug-likeness (QED) is 0.788. The van der Waals surface area contributed by atoms with E-state index >= 15 is 0 Å². The first-order valence-corrected chi connectivity index (χ1v) is 6.97. The molecule has 1 aromatic carbocycles. The molecule has 3 N–H and O–H groups in total. The van der Waals surface area contributed by atoms with Crippen LogP contribution in [0, 0.1) is 0 Å². The standard InChI is InChI=1S/C12H14N2O3S/c13-9-4-11-10(16-6-17-11)3-8(9)12(15)14-7-1-2-18-5-7/h3-4,7H,1-2,5-6,13H2,(H,14,15). The average molecular weight is 266 g/mol. The molecule has 96 valence electrons. The number of carbonyl (C=O) groups is 1. The second-order valence-corrected chi connectivity index (χ2v) is 5.48. The Morgan fingerprint density at radius 2 is 2.17 bits per heavy atom. The second kappa shape index (κ2) is 4.61. The van der Waals surface area contributed by atoms with Crippen LogP contribution >= 0.6 is 11.8 Å². The van der Waals surface area contributed by atoms with E-state index in [1.54, 1.807) is 12.1 Å². The smallest absolute Gasteiger partial charge is 0.253 e. The molecule has 0 aliphatic carbocycles. The summed E-state index contributed by atoms with van der Waals surface area (Å²) in [4.78, 5) is 12.1. The van der Waals surface area contributed by atoms with Gasteiger partial charge in [-0.15, -0.1) is 0 Å². The molecule has 6 heteroatoms. The molecule has 1 unspecified atom stereocenters. The maximum atomic E-state index is 12.1. The summed E-state index contributed by atoms with van der Waals surface area (Å²) in [6.45, 7) is 0.180. The number of fused-ring (bicyclic) bond motifs is 1. The van der Waals surface area contributed by atoms with E-state index < -0.39 is 0 Å². The molecule has 0 bridgehead atoms. The summed E-state index contributed by atoms with van der Waals surface area (Å²) < 4.78 is 10.5. The van der Waals surface area contributed by atoms with E-state index in [2.05, 4.69) is 5.32 Å². The lowest BCUT2D eigenvalue weighted by Crippen LogP contribution is -2.34. The number of amides is 1.